The molecule has 1 aromatic rings. The predicted molar refractivity (Wildman–Crippen MR) is 41.9 cm³/mol. The lowest BCUT2D eigenvalue weighted by atomic mass is 10.1. The summed E-state index contributed by atoms with van der Waals surface area (Å²) in [5.41, 5.74) is 1.23. The third kappa shape index (κ3) is 1.58. The molecule has 0 heterocycles. The maximum absolute atomic E-state index is 5.14. The van der Waals surface area contributed by atoms with Gasteiger partial charge in [0, 0.05) is 7.11 Å². The van der Waals surface area contributed by atoms with Crippen LogP contribution in [0.1, 0.15) is 18.6 Å². The normalized spacial score (nSPS) is 13.0. The Labute approximate surface area is 61.6 Å². The van der Waals surface area contributed by atoms with Gasteiger partial charge in [0.15, 0.2) is 0 Å². The fraction of sp³-hybridized carbons (Fsp3) is 0.333. The molecule has 0 N–H and O–H groups in total. The highest BCUT2D eigenvalue weighted by atomic mass is 18.3. The van der Waals surface area contributed by atoms with Crippen LogP contribution in [0.4, 0.5) is 0 Å². The van der Waals surface area contributed by atoms with Gasteiger partial charge in [0.2, 0.25) is 0 Å². The third-order valence-electron chi connectivity index (χ3n) is 1.62. The highest BCUT2D eigenvalue weighted by molar-refractivity contribution is 5.16. The van der Waals surface area contributed by atoms with Crippen molar-refractivity contribution in [2.45, 2.75) is 13.0 Å². The van der Waals surface area contributed by atoms with E-state index in [4.69, 9.17) is 4.74 Å². The summed E-state index contributed by atoms with van der Waals surface area (Å²) in [4.78, 5) is 0. The first-order valence-corrected chi connectivity index (χ1v) is 3.42. The van der Waals surface area contributed by atoms with Gasteiger partial charge in [-0.1, -0.05) is 30.3 Å². The maximum Gasteiger partial charge on any atom is 0.0793 e. The van der Waals surface area contributed by atoms with Gasteiger partial charge >= 0.3 is 0 Å². The van der Waals surface area contributed by atoms with E-state index in [0.717, 1.165) is 0 Å². The van der Waals surface area contributed by atoms with Crippen molar-refractivity contribution >= 4 is 0 Å². The number of methoxy groups -OCH3 is 1. The summed E-state index contributed by atoms with van der Waals surface area (Å²) in [5, 5.41) is 0. The Morgan fingerprint density at radius 3 is 2.30 bits per heavy atom. The van der Waals surface area contributed by atoms with Crippen LogP contribution in [0.15, 0.2) is 30.3 Å². The fourth-order valence-electron chi connectivity index (χ4n) is 0.860. The minimum absolute atomic E-state index is 0.209. The summed E-state index contributed by atoms with van der Waals surface area (Å²) < 4.78 is 5.14. The standard InChI is InChI=1S/C9H12O/c1-8(10-2)9-6-4-3-5-7-9/h3-8H,1-2H3/t8-/m0/s1/i10+2. The Morgan fingerprint density at radius 2 is 1.80 bits per heavy atom. The zero-order chi connectivity index (χ0) is 7.40. The van der Waals surface area contributed by atoms with Gasteiger partial charge in [0.05, 0.1) is 6.10 Å². The lowest BCUT2D eigenvalue weighted by molar-refractivity contribution is 0.119. The largest absolute Gasteiger partial charge is 0.377 e. The molecule has 0 aromatic heterocycles. The molecular weight excluding hydrogens is 126 g/mol. The molecule has 0 saturated heterocycles. The number of hydrogen-bond donors (Lipinski definition) is 0. The van der Waals surface area contributed by atoms with Gasteiger partial charge in [-0.15, -0.1) is 0 Å². The summed E-state index contributed by atoms with van der Waals surface area (Å²) >= 11 is 0. The summed E-state index contributed by atoms with van der Waals surface area (Å²) in [5.74, 6) is 0. The lowest BCUT2D eigenvalue weighted by Crippen LogP contribution is -1.93. The van der Waals surface area contributed by atoms with Gasteiger partial charge in [-0.05, 0) is 12.5 Å². The highest BCUT2D eigenvalue weighted by Gasteiger charge is 1.99. The number of ether oxygens (including phenoxy) is 1. The van der Waals surface area contributed by atoms with Crippen LogP contribution in [-0.2, 0) is 4.74 Å². The van der Waals surface area contributed by atoms with Crippen LogP contribution >= 0.6 is 0 Å². The van der Waals surface area contributed by atoms with E-state index in [1.807, 2.05) is 25.1 Å². The highest BCUT2D eigenvalue weighted by Crippen LogP contribution is 2.13. The molecule has 0 aliphatic carbocycles. The molecule has 54 valence electrons. The van der Waals surface area contributed by atoms with Crippen LogP contribution < -0.4 is 0 Å². The zero-order valence-corrected chi connectivity index (χ0v) is 6.37. The monoisotopic (exact) mass is 138 g/mol. The molecule has 0 radical (unpaired) electrons. The third-order valence-corrected chi connectivity index (χ3v) is 1.62. The molecule has 1 rings (SSSR count). The van der Waals surface area contributed by atoms with Crippen molar-refractivity contribution in [2.24, 2.45) is 0 Å². The van der Waals surface area contributed by atoms with E-state index < -0.39 is 0 Å². The molecule has 1 nitrogen and oxygen atoms in total. The number of benzene rings is 1. The van der Waals surface area contributed by atoms with E-state index >= 15 is 0 Å². The Balaban J connectivity index is 2.75. The second-order valence-corrected chi connectivity index (χ2v) is 2.29. The fourth-order valence-corrected chi connectivity index (χ4v) is 0.860. The SMILES string of the molecule is C[18O][C@@H](C)c1ccccc1. The van der Waals surface area contributed by atoms with E-state index in [-0.39, 0.29) is 6.10 Å². The molecule has 0 unspecified atom stereocenters. The molecule has 0 spiro atoms. The average molecular weight is 138 g/mol. The van der Waals surface area contributed by atoms with Crippen LogP contribution in [0.2, 0.25) is 0 Å². The summed E-state index contributed by atoms with van der Waals surface area (Å²) in [6.07, 6.45) is 0.209. The van der Waals surface area contributed by atoms with E-state index in [2.05, 4.69) is 12.1 Å². The number of rotatable bonds is 2. The molecule has 0 amide bonds. The van der Waals surface area contributed by atoms with Crippen molar-refractivity contribution in [1.82, 2.24) is 0 Å². The number of hydrogen-bond acceptors (Lipinski definition) is 1. The van der Waals surface area contributed by atoms with Gasteiger partial charge < -0.3 is 4.74 Å². The Hall–Kier alpha value is -0.820. The minimum Gasteiger partial charge on any atom is -0.377 e. The van der Waals surface area contributed by atoms with Gasteiger partial charge in [-0.25, -0.2) is 0 Å². The summed E-state index contributed by atoms with van der Waals surface area (Å²) in [6, 6.07) is 10.2. The average Bonchev–Trinajstić information content (AvgIpc) is 2.05. The smallest absolute Gasteiger partial charge is 0.0793 e. The quantitative estimate of drug-likeness (QED) is 0.570. The van der Waals surface area contributed by atoms with Crippen LogP contribution in [-0.4, -0.2) is 7.11 Å². The molecule has 1 aromatic carbocycles. The van der Waals surface area contributed by atoms with Gasteiger partial charge in [-0.2, -0.15) is 0 Å². The Bertz CT molecular complexity index is 181. The molecule has 0 fully saturated rings. The molecule has 1 heteroatoms. The van der Waals surface area contributed by atoms with Crippen molar-refractivity contribution < 1.29 is 4.74 Å². The molecule has 1 atom stereocenters. The molecule has 0 saturated carbocycles. The maximum atomic E-state index is 5.14. The minimum atomic E-state index is 0.209. The van der Waals surface area contributed by atoms with Crippen molar-refractivity contribution in [3.63, 3.8) is 0 Å². The van der Waals surface area contributed by atoms with E-state index in [1.54, 1.807) is 7.11 Å². The second-order valence-electron chi connectivity index (χ2n) is 2.29. The molecule has 0 aliphatic heterocycles. The van der Waals surface area contributed by atoms with E-state index in [9.17, 15) is 0 Å². The van der Waals surface area contributed by atoms with Crippen molar-refractivity contribution in [3.05, 3.63) is 35.9 Å². The predicted octanol–water partition coefficient (Wildman–Crippen LogP) is 2.39. The lowest BCUT2D eigenvalue weighted by Gasteiger charge is -2.07. The molecule has 0 aliphatic rings. The zero-order valence-electron chi connectivity index (χ0n) is 6.37. The van der Waals surface area contributed by atoms with Gasteiger partial charge in [0.25, 0.3) is 0 Å². The first-order chi connectivity index (χ1) is 4.84. The Morgan fingerprint density at radius 1 is 1.20 bits per heavy atom. The molecular formula is C9H12O. The van der Waals surface area contributed by atoms with E-state index in [0.29, 0.717) is 0 Å². The summed E-state index contributed by atoms with van der Waals surface area (Å²) in [6.45, 7) is 2.04. The second kappa shape index (κ2) is 3.37. The van der Waals surface area contributed by atoms with Crippen LogP contribution in [0.3, 0.4) is 0 Å². The first-order valence-electron chi connectivity index (χ1n) is 3.42. The van der Waals surface area contributed by atoms with Crippen molar-refractivity contribution in [2.75, 3.05) is 7.11 Å². The van der Waals surface area contributed by atoms with Crippen molar-refractivity contribution in [1.29, 1.82) is 0 Å². The van der Waals surface area contributed by atoms with Gasteiger partial charge in [-0.3, -0.25) is 0 Å². The molecule has 10 heavy (non-hydrogen) atoms. The van der Waals surface area contributed by atoms with Crippen LogP contribution in [0, 0.1) is 0 Å². The van der Waals surface area contributed by atoms with Gasteiger partial charge in [0.1, 0.15) is 0 Å². The van der Waals surface area contributed by atoms with Crippen LogP contribution in [0.25, 0.3) is 0 Å². The first kappa shape index (κ1) is 7.29. The summed E-state index contributed by atoms with van der Waals surface area (Å²) in [7, 11) is 1.72. The molecule has 0 bridgehead atoms. The Kier molecular flexibility index (Phi) is 2.46. The van der Waals surface area contributed by atoms with Crippen LogP contribution in [0.5, 0.6) is 0 Å². The van der Waals surface area contributed by atoms with Crippen molar-refractivity contribution in [3.8, 4) is 0 Å². The topological polar surface area (TPSA) is 9.23 Å². The van der Waals surface area contributed by atoms with E-state index in [1.165, 1.54) is 5.56 Å².